The third-order valence-corrected chi connectivity index (χ3v) is 3.90. The molecule has 0 radical (unpaired) electrons. The smallest absolute Gasteiger partial charge is 0.410 e. The summed E-state index contributed by atoms with van der Waals surface area (Å²) in [5, 5.41) is 3.25. The van der Waals surface area contributed by atoms with Gasteiger partial charge >= 0.3 is 6.09 Å². The highest BCUT2D eigenvalue weighted by atomic mass is 16.6. The second kappa shape index (κ2) is 5.42. The SMILES string of the molecule is C#CCNCC1CC2CCC1N2C(=O)OC(C)(C)C. The van der Waals surface area contributed by atoms with Crippen molar-refractivity contribution >= 4 is 6.09 Å². The second-order valence-electron chi connectivity index (χ2n) is 6.52. The highest BCUT2D eigenvalue weighted by Crippen LogP contribution is 2.42. The first-order valence-electron chi connectivity index (χ1n) is 7.08. The molecule has 4 heteroatoms. The molecule has 2 heterocycles. The zero-order valence-electron chi connectivity index (χ0n) is 12.1. The number of amides is 1. The number of ether oxygens (including phenoxy) is 1. The first-order valence-corrected chi connectivity index (χ1v) is 7.08. The lowest BCUT2D eigenvalue weighted by Gasteiger charge is -2.28. The highest BCUT2D eigenvalue weighted by molar-refractivity contribution is 5.70. The molecule has 0 aromatic rings. The van der Waals surface area contributed by atoms with Crippen LogP contribution in [0.4, 0.5) is 4.79 Å². The summed E-state index contributed by atoms with van der Waals surface area (Å²) in [7, 11) is 0. The molecule has 2 fully saturated rings. The summed E-state index contributed by atoms with van der Waals surface area (Å²) in [5.41, 5.74) is -0.420. The standard InChI is InChI=1S/C15H24N2O2/c1-5-8-16-10-11-9-12-6-7-13(11)17(12)14(18)19-15(2,3)4/h1,11-13,16H,6-10H2,2-4H3. The van der Waals surface area contributed by atoms with E-state index in [0.29, 0.717) is 24.5 Å². The summed E-state index contributed by atoms with van der Waals surface area (Å²) >= 11 is 0. The van der Waals surface area contributed by atoms with E-state index in [2.05, 4.69) is 11.2 Å². The molecular weight excluding hydrogens is 240 g/mol. The van der Waals surface area contributed by atoms with Crippen LogP contribution in [0.25, 0.3) is 0 Å². The third kappa shape index (κ3) is 3.22. The Hall–Kier alpha value is -1.21. The molecule has 0 saturated carbocycles. The molecule has 19 heavy (non-hydrogen) atoms. The van der Waals surface area contributed by atoms with Crippen molar-refractivity contribution in [3.05, 3.63) is 0 Å². The quantitative estimate of drug-likeness (QED) is 0.626. The lowest BCUT2D eigenvalue weighted by atomic mass is 9.89. The Balaban J connectivity index is 1.93. The van der Waals surface area contributed by atoms with Crippen molar-refractivity contribution in [2.45, 2.75) is 57.7 Å². The number of terminal acetylenes is 1. The molecule has 0 aromatic carbocycles. The van der Waals surface area contributed by atoms with Crippen LogP contribution in [0.5, 0.6) is 0 Å². The van der Waals surface area contributed by atoms with Gasteiger partial charge in [-0.1, -0.05) is 5.92 Å². The molecule has 106 valence electrons. The van der Waals surface area contributed by atoms with Gasteiger partial charge in [0.05, 0.1) is 6.54 Å². The van der Waals surface area contributed by atoms with Crippen LogP contribution in [0.3, 0.4) is 0 Å². The van der Waals surface area contributed by atoms with Crippen LogP contribution in [0.2, 0.25) is 0 Å². The molecule has 2 saturated heterocycles. The predicted octanol–water partition coefficient (Wildman–Crippen LogP) is 2.00. The first-order chi connectivity index (χ1) is 8.92. The van der Waals surface area contributed by atoms with E-state index in [9.17, 15) is 4.79 Å². The summed E-state index contributed by atoms with van der Waals surface area (Å²) in [6.07, 6.45) is 8.35. The van der Waals surface area contributed by atoms with E-state index in [1.807, 2.05) is 25.7 Å². The van der Waals surface area contributed by atoms with E-state index in [1.54, 1.807) is 0 Å². The maximum absolute atomic E-state index is 12.2. The van der Waals surface area contributed by atoms with E-state index in [-0.39, 0.29) is 6.09 Å². The van der Waals surface area contributed by atoms with E-state index in [0.717, 1.165) is 25.8 Å². The number of nitrogens with one attached hydrogen (secondary N) is 1. The number of nitrogens with zero attached hydrogens (tertiary/aromatic N) is 1. The molecule has 3 atom stereocenters. The van der Waals surface area contributed by atoms with Crippen molar-refractivity contribution in [2.24, 2.45) is 5.92 Å². The predicted molar refractivity (Wildman–Crippen MR) is 74.7 cm³/mol. The van der Waals surface area contributed by atoms with Gasteiger partial charge in [-0.2, -0.15) is 0 Å². The molecular formula is C15H24N2O2. The van der Waals surface area contributed by atoms with Gasteiger partial charge in [-0.3, -0.25) is 0 Å². The first kappa shape index (κ1) is 14.2. The fourth-order valence-electron chi connectivity index (χ4n) is 3.26. The van der Waals surface area contributed by atoms with Crippen molar-refractivity contribution in [2.75, 3.05) is 13.1 Å². The third-order valence-electron chi connectivity index (χ3n) is 3.90. The molecule has 2 bridgehead atoms. The van der Waals surface area contributed by atoms with Gasteiger partial charge in [-0.25, -0.2) is 4.79 Å². The summed E-state index contributed by atoms with van der Waals surface area (Å²) in [6.45, 7) is 7.23. The Bertz CT molecular complexity index is 381. The highest BCUT2D eigenvalue weighted by Gasteiger charge is 2.49. The van der Waals surface area contributed by atoms with Crippen molar-refractivity contribution in [1.82, 2.24) is 10.2 Å². The number of hydrogen-bond acceptors (Lipinski definition) is 3. The molecule has 4 nitrogen and oxygen atoms in total. The van der Waals surface area contributed by atoms with Gasteiger partial charge in [0, 0.05) is 18.6 Å². The topological polar surface area (TPSA) is 41.6 Å². The number of fused-ring (bicyclic) bond motifs is 2. The van der Waals surface area contributed by atoms with Gasteiger partial charge in [-0.05, 0) is 46.0 Å². The van der Waals surface area contributed by atoms with Crippen LogP contribution in [0.1, 0.15) is 40.0 Å². The van der Waals surface area contributed by atoms with Crippen molar-refractivity contribution in [3.8, 4) is 12.3 Å². The average Bonchev–Trinajstić information content (AvgIpc) is 2.84. The second-order valence-corrected chi connectivity index (χ2v) is 6.52. The van der Waals surface area contributed by atoms with E-state index < -0.39 is 5.60 Å². The van der Waals surface area contributed by atoms with Crippen LogP contribution >= 0.6 is 0 Å². The van der Waals surface area contributed by atoms with Crippen molar-refractivity contribution in [1.29, 1.82) is 0 Å². The minimum Gasteiger partial charge on any atom is -0.444 e. The average molecular weight is 264 g/mol. The van der Waals surface area contributed by atoms with Gasteiger partial charge in [-0.15, -0.1) is 6.42 Å². The summed E-state index contributed by atoms with van der Waals surface area (Å²) in [5.74, 6) is 3.10. The van der Waals surface area contributed by atoms with Crippen LogP contribution in [0, 0.1) is 18.3 Å². The van der Waals surface area contributed by atoms with Gasteiger partial charge in [0.15, 0.2) is 0 Å². The number of rotatable bonds is 3. The fourth-order valence-corrected chi connectivity index (χ4v) is 3.26. The number of carbonyl (C=O) groups is 1. The van der Waals surface area contributed by atoms with Gasteiger partial charge in [0.1, 0.15) is 5.60 Å². The Morgan fingerprint density at radius 1 is 1.47 bits per heavy atom. The van der Waals surface area contributed by atoms with E-state index in [4.69, 9.17) is 11.2 Å². The van der Waals surface area contributed by atoms with E-state index in [1.165, 1.54) is 0 Å². The Morgan fingerprint density at radius 2 is 2.21 bits per heavy atom. The largest absolute Gasteiger partial charge is 0.444 e. The zero-order chi connectivity index (χ0) is 14.0. The van der Waals surface area contributed by atoms with E-state index >= 15 is 0 Å². The minimum atomic E-state index is -0.420. The van der Waals surface area contributed by atoms with Crippen molar-refractivity contribution < 1.29 is 9.53 Å². The maximum atomic E-state index is 12.2. The lowest BCUT2D eigenvalue weighted by molar-refractivity contribution is 0.0205. The van der Waals surface area contributed by atoms with Gasteiger partial charge < -0.3 is 15.0 Å². The number of hydrogen-bond donors (Lipinski definition) is 1. The Morgan fingerprint density at radius 3 is 2.84 bits per heavy atom. The molecule has 1 N–H and O–H groups in total. The van der Waals surface area contributed by atoms with Crippen LogP contribution in [-0.2, 0) is 4.74 Å². The molecule has 0 aliphatic carbocycles. The van der Waals surface area contributed by atoms with Gasteiger partial charge in [0.25, 0.3) is 0 Å². The Labute approximate surface area is 115 Å². The van der Waals surface area contributed by atoms with Crippen LogP contribution in [0.15, 0.2) is 0 Å². The minimum absolute atomic E-state index is 0.153. The fraction of sp³-hybridized carbons (Fsp3) is 0.800. The molecule has 0 spiro atoms. The van der Waals surface area contributed by atoms with Crippen LogP contribution < -0.4 is 5.32 Å². The van der Waals surface area contributed by atoms with Crippen molar-refractivity contribution in [3.63, 3.8) is 0 Å². The van der Waals surface area contributed by atoms with Gasteiger partial charge in [0.2, 0.25) is 0 Å². The monoisotopic (exact) mass is 264 g/mol. The van der Waals surface area contributed by atoms with Crippen LogP contribution in [-0.4, -0.2) is 41.8 Å². The molecule has 2 aliphatic rings. The summed E-state index contributed by atoms with van der Waals surface area (Å²) in [4.78, 5) is 14.2. The maximum Gasteiger partial charge on any atom is 0.410 e. The Kier molecular flexibility index (Phi) is 4.05. The summed E-state index contributed by atoms with van der Waals surface area (Å²) < 4.78 is 5.51. The zero-order valence-corrected chi connectivity index (χ0v) is 12.1. The molecule has 1 amide bonds. The molecule has 2 rings (SSSR count). The molecule has 2 aliphatic heterocycles. The molecule has 3 unspecified atom stereocenters. The molecule has 0 aromatic heterocycles. The number of carbonyl (C=O) groups excluding carboxylic acids is 1. The normalized spacial score (nSPS) is 29.4. The summed E-state index contributed by atoms with van der Waals surface area (Å²) in [6, 6.07) is 0.683. The lowest BCUT2D eigenvalue weighted by Crippen LogP contribution is -2.41.